The summed E-state index contributed by atoms with van der Waals surface area (Å²) in [5.74, 6) is -4.48. The fourth-order valence-corrected chi connectivity index (χ4v) is 3.92. The first-order chi connectivity index (χ1) is 16.0. The lowest BCUT2D eigenvalue weighted by Crippen LogP contribution is -2.32. The van der Waals surface area contributed by atoms with Crippen LogP contribution >= 0.6 is 0 Å². The summed E-state index contributed by atoms with van der Waals surface area (Å²) < 4.78 is 15.8. The van der Waals surface area contributed by atoms with Gasteiger partial charge in [-0.3, -0.25) is 9.59 Å². The minimum Gasteiger partial charge on any atom is -0.463 e. The third kappa shape index (κ3) is 6.76. The third-order valence-corrected chi connectivity index (χ3v) is 5.55. The van der Waals surface area contributed by atoms with Crippen LogP contribution in [0.25, 0.3) is 0 Å². The van der Waals surface area contributed by atoms with Gasteiger partial charge in [0.15, 0.2) is 0 Å². The summed E-state index contributed by atoms with van der Waals surface area (Å²) in [4.78, 5) is 37.7. The maximum Gasteiger partial charge on any atom is 0.330 e. The Kier molecular flexibility index (Phi) is 8.78. The number of esters is 3. The van der Waals surface area contributed by atoms with Gasteiger partial charge >= 0.3 is 17.9 Å². The molecular weight excluding hydrogens is 424 g/mol. The molecule has 2 aromatic carbocycles. The highest BCUT2D eigenvalue weighted by Crippen LogP contribution is 2.40. The highest BCUT2D eigenvalue weighted by atomic mass is 16.5. The number of rotatable bonds is 9. The second kappa shape index (κ2) is 12.0. The largest absolute Gasteiger partial charge is 0.463 e. The first-order valence-electron chi connectivity index (χ1n) is 10.9. The Morgan fingerprint density at radius 3 is 1.97 bits per heavy atom. The van der Waals surface area contributed by atoms with Crippen LogP contribution in [0.4, 0.5) is 0 Å². The van der Waals surface area contributed by atoms with Crippen molar-refractivity contribution >= 4 is 17.9 Å². The van der Waals surface area contributed by atoms with Crippen molar-refractivity contribution in [1.29, 1.82) is 0 Å². The van der Waals surface area contributed by atoms with Gasteiger partial charge in [-0.2, -0.15) is 0 Å². The van der Waals surface area contributed by atoms with E-state index in [0.717, 1.165) is 11.1 Å². The average molecular weight is 453 g/mol. The average Bonchev–Trinajstić information content (AvgIpc) is 3.17. The summed E-state index contributed by atoms with van der Waals surface area (Å²) in [5.41, 5.74) is 1.61. The van der Waals surface area contributed by atoms with Gasteiger partial charge in [-0.1, -0.05) is 66.7 Å². The lowest BCUT2D eigenvalue weighted by Gasteiger charge is -2.21. The smallest absolute Gasteiger partial charge is 0.330 e. The van der Waals surface area contributed by atoms with Crippen molar-refractivity contribution in [3.05, 3.63) is 83.9 Å². The van der Waals surface area contributed by atoms with Crippen molar-refractivity contribution in [2.24, 2.45) is 17.8 Å². The van der Waals surface area contributed by atoms with Crippen LogP contribution in [0.5, 0.6) is 0 Å². The van der Waals surface area contributed by atoms with Crippen molar-refractivity contribution in [2.45, 2.75) is 32.7 Å². The highest BCUT2D eigenvalue weighted by Gasteiger charge is 2.50. The number of carbonyl (C=O) groups excluding carboxylic acids is 3. The van der Waals surface area contributed by atoms with E-state index in [9.17, 15) is 19.5 Å². The van der Waals surface area contributed by atoms with E-state index in [0.29, 0.717) is 0 Å². The quantitative estimate of drug-likeness (QED) is 0.354. The fourth-order valence-electron chi connectivity index (χ4n) is 3.92. The van der Waals surface area contributed by atoms with Crippen LogP contribution in [0.2, 0.25) is 0 Å². The number of carbonyl (C=O) groups is 3. The molecule has 1 N–H and O–H groups in total. The molecule has 0 spiro atoms. The third-order valence-electron chi connectivity index (χ3n) is 5.55. The summed E-state index contributed by atoms with van der Waals surface area (Å²) in [5, 5.41) is 10.6. The molecule has 174 valence electrons. The van der Waals surface area contributed by atoms with Gasteiger partial charge in [-0.25, -0.2) is 4.79 Å². The van der Waals surface area contributed by atoms with Crippen LogP contribution in [-0.4, -0.2) is 35.7 Å². The molecule has 1 fully saturated rings. The van der Waals surface area contributed by atoms with Gasteiger partial charge in [0, 0.05) is 12.0 Å². The van der Waals surface area contributed by atoms with Gasteiger partial charge in [0.2, 0.25) is 0 Å². The van der Waals surface area contributed by atoms with Gasteiger partial charge < -0.3 is 19.3 Å². The Morgan fingerprint density at radius 2 is 1.42 bits per heavy atom. The molecule has 0 aromatic heterocycles. The number of benzene rings is 2. The minimum atomic E-state index is -1.01. The highest BCUT2D eigenvalue weighted by molar-refractivity contribution is 5.85. The monoisotopic (exact) mass is 452 g/mol. The SMILES string of the molecule is CCOC(=O)/C=C/[C@H]1[C@H](C(=O)OCc2ccccc2)[C@H](C(=O)OCc2ccccc2)C[C@H]1O. The maximum atomic E-state index is 13.0. The van der Waals surface area contributed by atoms with Crippen molar-refractivity contribution in [2.75, 3.05) is 6.61 Å². The van der Waals surface area contributed by atoms with E-state index >= 15 is 0 Å². The summed E-state index contributed by atoms with van der Waals surface area (Å²) in [6.45, 7) is 1.97. The van der Waals surface area contributed by atoms with Gasteiger partial charge in [0.1, 0.15) is 13.2 Å². The summed E-state index contributed by atoms with van der Waals surface area (Å²) in [7, 11) is 0. The lowest BCUT2D eigenvalue weighted by atomic mass is 9.88. The topological polar surface area (TPSA) is 99.1 Å². The summed E-state index contributed by atoms with van der Waals surface area (Å²) >= 11 is 0. The molecule has 33 heavy (non-hydrogen) atoms. The predicted molar refractivity (Wildman–Crippen MR) is 119 cm³/mol. The molecule has 0 aliphatic heterocycles. The Balaban J connectivity index is 1.75. The van der Waals surface area contributed by atoms with Crippen molar-refractivity contribution in [3.63, 3.8) is 0 Å². The zero-order valence-corrected chi connectivity index (χ0v) is 18.5. The molecule has 0 unspecified atom stereocenters. The van der Waals surface area contributed by atoms with Crippen LogP contribution in [0.15, 0.2) is 72.8 Å². The second-order valence-corrected chi connectivity index (χ2v) is 7.81. The van der Waals surface area contributed by atoms with E-state index in [1.54, 1.807) is 6.92 Å². The van der Waals surface area contributed by atoms with E-state index in [2.05, 4.69) is 0 Å². The molecule has 0 heterocycles. The molecular formula is C26H28O7. The van der Waals surface area contributed by atoms with E-state index in [4.69, 9.17) is 14.2 Å². The van der Waals surface area contributed by atoms with E-state index < -0.39 is 41.8 Å². The van der Waals surface area contributed by atoms with E-state index in [-0.39, 0.29) is 26.2 Å². The second-order valence-electron chi connectivity index (χ2n) is 7.81. The van der Waals surface area contributed by atoms with Gasteiger partial charge in [0.25, 0.3) is 0 Å². The molecule has 0 amide bonds. The number of hydrogen-bond acceptors (Lipinski definition) is 7. The Morgan fingerprint density at radius 1 is 0.879 bits per heavy atom. The van der Waals surface area contributed by atoms with Crippen molar-refractivity contribution in [1.82, 2.24) is 0 Å². The summed E-state index contributed by atoms with van der Waals surface area (Å²) in [6, 6.07) is 18.3. The molecule has 1 aliphatic carbocycles. The van der Waals surface area contributed by atoms with Crippen LogP contribution in [0.3, 0.4) is 0 Å². The standard InChI is InChI=1S/C26H28O7/c1-2-31-23(28)14-13-20-22(27)15-21(25(29)32-16-18-9-5-3-6-10-18)24(20)26(30)33-17-19-11-7-4-8-12-19/h3-14,20-22,24,27H,2,15-17H2,1H3/b14-13+/t20-,21-,22-,24+/m1/s1. The maximum absolute atomic E-state index is 13.0. The molecule has 7 heteroatoms. The number of ether oxygens (including phenoxy) is 3. The normalized spacial score (nSPS) is 22.1. The number of aliphatic hydroxyl groups excluding tert-OH is 1. The first-order valence-corrected chi connectivity index (χ1v) is 10.9. The van der Waals surface area contributed by atoms with Crippen LogP contribution in [0, 0.1) is 17.8 Å². The van der Waals surface area contributed by atoms with Crippen LogP contribution in [0.1, 0.15) is 24.5 Å². The fraction of sp³-hybridized carbons (Fsp3) is 0.346. The molecule has 4 atom stereocenters. The Labute approximate surface area is 193 Å². The van der Waals surface area contributed by atoms with Gasteiger partial charge in [0.05, 0.1) is 24.5 Å². The molecule has 2 aromatic rings. The molecule has 7 nitrogen and oxygen atoms in total. The van der Waals surface area contributed by atoms with Crippen LogP contribution in [-0.2, 0) is 41.8 Å². The molecule has 0 bridgehead atoms. The predicted octanol–water partition coefficient (Wildman–Crippen LogP) is 3.21. The molecule has 3 rings (SSSR count). The first kappa shape index (κ1) is 24.2. The lowest BCUT2D eigenvalue weighted by molar-refractivity contribution is -0.161. The zero-order chi connectivity index (χ0) is 23.6. The van der Waals surface area contributed by atoms with Crippen LogP contribution < -0.4 is 0 Å². The molecule has 0 radical (unpaired) electrons. The Bertz CT molecular complexity index is 955. The molecule has 0 saturated heterocycles. The zero-order valence-electron chi connectivity index (χ0n) is 18.5. The minimum absolute atomic E-state index is 0.0244. The molecule has 1 aliphatic rings. The van der Waals surface area contributed by atoms with Gasteiger partial charge in [-0.05, 0) is 24.5 Å². The molecule has 1 saturated carbocycles. The Hall–Kier alpha value is -3.45. The van der Waals surface area contributed by atoms with Gasteiger partial charge in [-0.15, -0.1) is 0 Å². The van der Waals surface area contributed by atoms with Crippen molar-refractivity contribution in [3.8, 4) is 0 Å². The number of hydrogen-bond donors (Lipinski definition) is 1. The number of aliphatic hydroxyl groups is 1. The van der Waals surface area contributed by atoms with E-state index in [1.807, 2.05) is 60.7 Å². The van der Waals surface area contributed by atoms with E-state index in [1.165, 1.54) is 12.2 Å². The summed E-state index contributed by atoms with van der Waals surface area (Å²) in [6.07, 6.45) is 1.60. The van der Waals surface area contributed by atoms with Crippen molar-refractivity contribution < 1.29 is 33.7 Å².